The summed E-state index contributed by atoms with van der Waals surface area (Å²) < 4.78 is 33.2. The van der Waals surface area contributed by atoms with E-state index in [1.807, 2.05) is 48.5 Å². The first-order valence-electron chi connectivity index (χ1n) is 17.2. The Morgan fingerprint density at radius 1 is 0.824 bits per heavy atom. The third-order valence-electron chi connectivity index (χ3n) is 9.36. The van der Waals surface area contributed by atoms with Crippen LogP contribution in [0.25, 0.3) is 11.1 Å². The van der Waals surface area contributed by atoms with E-state index >= 15 is 0 Å². The monoisotopic (exact) mass is 731 g/mol. The van der Waals surface area contributed by atoms with E-state index in [-0.39, 0.29) is 40.1 Å². The van der Waals surface area contributed by atoms with Gasteiger partial charge in [-0.25, -0.2) is 8.42 Å². The van der Waals surface area contributed by atoms with Crippen molar-refractivity contribution in [1.82, 2.24) is 10.6 Å². The van der Waals surface area contributed by atoms with Gasteiger partial charge in [0.1, 0.15) is 11.5 Å². The molecule has 0 aliphatic rings. The first kappa shape index (κ1) is 39.6. The van der Waals surface area contributed by atoms with Crippen LogP contribution >= 0.6 is 0 Å². The second kappa shape index (κ2) is 16.0. The van der Waals surface area contributed by atoms with Crippen molar-refractivity contribution < 1.29 is 27.9 Å². The van der Waals surface area contributed by atoms with Crippen LogP contribution in [0.3, 0.4) is 0 Å². The summed E-state index contributed by atoms with van der Waals surface area (Å²) in [7, 11) is -5.86. The molecular weight excluding hydrogens is 679 g/mol. The predicted octanol–water partition coefficient (Wildman–Crippen LogP) is 7.67. The smallest absolute Gasteiger partial charge is 0.229 e. The Bertz CT molecular complexity index is 1920. The van der Waals surface area contributed by atoms with Crippen LogP contribution in [0.4, 0.5) is 5.69 Å². The van der Waals surface area contributed by atoms with Crippen molar-refractivity contribution in [2.24, 2.45) is 0 Å². The zero-order chi connectivity index (χ0) is 37.6. The van der Waals surface area contributed by atoms with Gasteiger partial charge >= 0.3 is 0 Å². The number of carbonyl (C=O) groups excluding carboxylic acids is 1. The summed E-state index contributed by atoms with van der Waals surface area (Å²) in [4.78, 5) is 12.9. The van der Waals surface area contributed by atoms with Crippen molar-refractivity contribution in [3.05, 3.63) is 113 Å². The van der Waals surface area contributed by atoms with Crippen LogP contribution in [0, 0.1) is 0 Å². The van der Waals surface area contributed by atoms with Gasteiger partial charge in [-0.1, -0.05) is 93.6 Å². The number of phenols is 2. The molecule has 0 radical (unpaired) electrons. The molecule has 0 bridgehead atoms. The van der Waals surface area contributed by atoms with Crippen molar-refractivity contribution in [2.75, 3.05) is 17.5 Å². The Morgan fingerprint density at radius 2 is 1.49 bits per heavy atom. The third-order valence-corrected chi connectivity index (χ3v) is 14.4. The highest BCUT2D eigenvalue weighted by Crippen LogP contribution is 2.40. The van der Waals surface area contributed by atoms with Gasteiger partial charge in [0.15, 0.2) is 8.32 Å². The van der Waals surface area contributed by atoms with E-state index in [0.717, 1.165) is 39.6 Å². The number of benzene rings is 4. The van der Waals surface area contributed by atoms with Gasteiger partial charge in [-0.2, -0.15) is 0 Å². The summed E-state index contributed by atoms with van der Waals surface area (Å²) in [5, 5.41) is 27.2. The normalized spacial score (nSPS) is 13.1. The van der Waals surface area contributed by atoms with Crippen LogP contribution in [0.5, 0.6) is 11.5 Å². The molecule has 11 heteroatoms. The molecule has 0 spiro atoms. The lowest BCUT2D eigenvalue weighted by atomic mass is 9.93. The van der Waals surface area contributed by atoms with Crippen molar-refractivity contribution >= 4 is 29.9 Å². The maximum Gasteiger partial charge on any atom is 0.229 e. The Labute approximate surface area is 304 Å². The van der Waals surface area contributed by atoms with E-state index < -0.39 is 24.4 Å². The van der Waals surface area contributed by atoms with Crippen molar-refractivity contribution in [3.63, 3.8) is 0 Å². The Hall–Kier alpha value is -4.16. The van der Waals surface area contributed by atoms with Crippen LogP contribution in [0.1, 0.15) is 63.0 Å². The average Bonchev–Trinajstić information content (AvgIpc) is 3.02. The standard InChI is InChI=1S/C40H53N3O6SSi/c1-39(2,3)51(7,8)49-37(32-20-21-36(45)34(24-32)43-50(6,47)48)27-42-40(4,5)25-30-13-11-12-29(22-30)23-38(46)41-26-28-16-18-31(19-17-28)33-14-9-10-15-35(33)44/h9-22,24,37,42-45H,23,25-27H2,1-8H3,(H,41,46)/t37-/m1/s1. The Morgan fingerprint density at radius 3 is 2.14 bits per heavy atom. The van der Waals surface area contributed by atoms with Crippen LogP contribution < -0.4 is 15.4 Å². The van der Waals surface area contributed by atoms with Crippen molar-refractivity contribution in [1.29, 1.82) is 0 Å². The molecule has 4 aromatic carbocycles. The molecule has 1 atom stereocenters. The number of carbonyl (C=O) groups is 1. The van der Waals surface area contributed by atoms with Gasteiger partial charge in [0, 0.05) is 24.2 Å². The molecule has 0 saturated heterocycles. The minimum atomic E-state index is -3.60. The fraction of sp³-hybridized carbons (Fsp3) is 0.375. The largest absolute Gasteiger partial charge is 0.507 e. The van der Waals surface area contributed by atoms with Crippen LogP contribution in [-0.2, 0) is 38.6 Å². The maximum absolute atomic E-state index is 12.9. The zero-order valence-electron chi connectivity index (χ0n) is 31.0. The molecule has 9 nitrogen and oxygen atoms in total. The van der Waals surface area contributed by atoms with E-state index in [2.05, 4.69) is 75.2 Å². The molecule has 51 heavy (non-hydrogen) atoms. The average molecular weight is 732 g/mol. The molecule has 0 aliphatic carbocycles. The third kappa shape index (κ3) is 11.7. The molecule has 0 aliphatic heterocycles. The van der Waals surface area contributed by atoms with Gasteiger partial charge in [-0.3, -0.25) is 9.52 Å². The number of nitrogens with one attached hydrogen (secondary N) is 3. The van der Waals surface area contributed by atoms with E-state index in [1.54, 1.807) is 24.3 Å². The fourth-order valence-electron chi connectivity index (χ4n) is 5.56. The number of amides is 1. The molecule has 0 heterocycles. The van der Waals surface area contributed by atoms with Gasteiger partial charge < -0.3 is 25.3 Å². The molecule has 0 saturated carbocycles. The quantitative estimate of drug-likeness (QED) is 0.0625. The number of para-hydroxylation sites is 1. The number of phenolic OH excluding ortho intramolecular Hbond substituents is 2. The summed E-state index contributed by atoms with van der Waals surface area (Å²) in [6.07, 6.45) is 1.59. The van der Waals surface area contributed by atoms with Crippen LogP contribution in [0.15, 0.2) is 91.0 Å². The summed E-state index contributed by atoms with van der Waals surface area (Å²) in [5.74, 6) is 0.00352. The van der Waals surface area contributed by atoms with Crippen molar-refractivity contribution in [2.45, 2.75) is 83.8 Å². The second-order valence-electron chi connectivity index (χ2n) is 15.4. The van der Waals surface area contributed by atoms with Crippen molar-refractivity contribution in [3.8, 4) is 22.6 Å². The van der Waals surface area contributed by atoms with Gasteiger partial charge in [0.05, 0.1) is 24.5 Å². The molecule has 1 amide bonds. The number of hydrogen-bond acceptors (Lipinski definition) is 7. The molecule has 0 unspecified atom stereocenters. The molecule has 5 N–H and O–H groups in total. The molecule has 0 fully saturated rings. The molecule has 4 aromatic rings. The number of aromatic hydroxyl groups is 2. The fourth-order valence-corrected chi connectivity index (χ4v) is 7.40. The topological polar surface area (TPSA) is 137 Å². The Balaban J connectivity index is 1.40. The van der Waals surface area contributed by atoms with Gasteiger partial charge in [0.2, 0.25) is 15.9 Å². The summed E-state index contributed by atoms with van der Waals surface area (Å²) in [5.41, 5.74) is 5.16. The molecule has 274 valence electrons. The van der Waals surface area contributed by atoms with Crippen LogP contribution in [-0.4, -0.2) is 51.2 Å². The number of rotatable bonds is 15. The van der Waals surface area contributed by atoms with E-state index in [0.29, 0.717) is 19.5 Å². The molecule has 4 rings (SSSR count). The SMILES string of the molecule is CC(C)(Cc1cccc(CC(=O)NCc2ccc(-c3ccccc3O)cc2)c1)NC[C@@H](O[Si](C)(C)C(C)(C)C)c1ccc(O)c(NS(C)(=O)=O)c1. The van der Waals surface area contributed by atoms with Gasteiger partial charge in [-0.15, -0.1) is 0 Å². The Kier molecular flexibility index (Phi) is 12.4. The minimum absolute atomic E-state index is 0.0594. The summed E-state index contributed by atoms with van der Waals surface area (Å²) in [6, 6.07) is 28.0. The first-order chi connectivity index (χ1) is 23.7. The van der Waals surface area contributed by atoms with E-state index in [1.165, 1.54) is 6.07 Å². The lowest BCUT2D eigenvalue weighted by Crippen LogP contribution is -2.47. The number of sulfonamides is 1. The highest BCUT2D eigenvalue weighted by atomic mass is 32.2. The van der Waals surface area contributed by atoms with E-state index in [9.17, 15) is 23.4 Å². The number of hydrogen-bond donors (Lipinski definition) is 5. The molecular formula is C40H53N3O6SSi. The highest BCUT2D eigenvalue weighted by Gasteiger charge is 2.40. The second-order valence-corrected chi connectivity index (χ2v) is 22.0. The van der Waals surface area contributed by atoms with Gasteiger partial charge in [-0.05, 0) is 84.4 Å². The maximum atomic E-state index is 12.9. The lowest BCUT2D eigenvalue weighted by molar-refractivity contribution is -0.120. The lowest BCUT2D eigenvalue weighted by Gasteiger charge is -2.40. The van der Waals surface area contributed by atoms with Crippen LogP contribution in [0.2, 0.25) is 18.1 Å². The summed E-state index contributed by atoms with van der Waals surface area (Å²) in [6.45, 7) is 16.0. The predicted molar refractivity (Wildman–Crippen MR) is 209 cm³/mol. The molecule has 0 aromatic heterocycles. The zero-order valence-corrected chi connectivity index (χ0v) is 32.8. The van der Waals surface area contributed by atoms with E-state index in [4.69, 9.17) is 4.43 Å². The summed E-state index contributed by atoms with van der Waals surface area (Å²) >= 11 is 0. The highest BCUT2D eigenvalue weighted by molar-refractivity contribution is 7.92. The number of anilines is 1. The van der Waals surface area contributed by atoms with Gasteiger partial charge in [0.25, 0.3) is 0 Å². The minimum Gasteiger partial charge on any atom is -0.507 e. The first-order valence-corrected chi connectivity index (χ1v) is 22.0.